The Bertz CT molecular complexity index is 1700. The highest BCUT2D eigenvalue weighted by Crippen LogP contribution is 2.30. The molecule has 44 heavy (non-hydrogen) atoms. The van der Waals surface area contributed by atoms with Crippen LogP contribution in [0, 0.1) is 0 Å². The predicted octanol–water partition coefficient (Wildman–Crippen LogP) is 6.55. The van der Waals surface area contributed by atoms with E-state index in [0.29, 0.717) is 41.4 Å². The number of aromatic nitrogens is 6. The number of hydrogen-bond acceptors (Lipinski definition) is 9. The van der Waals surface area contributed by atoms with E-state index in [1.54, 1.807) is 41.2 Å². The first-order chi connectivity index (χ1) is 21.3. The first kappa shape index (κ1) is 30.2. The highest BCUT2D eigenvalue weighted by atomic mass is 35.5. The monoisotopic (exact) mass is 632 g/mol. The Morgan fingerprint density at radius 2 is 1.86 bits per heavy atom. The normalized spacial score (nSPS) is 14.3. The van der Waals surface area contributed by atoms with Crippen molar-refractivity contribution in [3.05, 3.63) is 71.5 Å². The number of rotatable bonds is 12. The molecule has 6 rings (SSSR count). The fourth-order valence-electron chi connectivity index (χ4n) is 4.78. The Morgan fingerprint density at radius 1 is 1.05 bits per heavy atom. The van der Waals surface area contributed by atoms with Crippen LogP contribution in [0.1, 0.15) is 5.56 Å². The lowest BCUT2D eigenvalue weighted by Gasteiger charge is -2.26. The maximum atomic E-state index is 6.00. The number of aromatic amines is 1. The smallest absolute Gasteiger partial charge is 0.323 e. The second-order valence-corrected chi connectivity index (χ2v) is 18.1. The highest BCUT2D eigenvalue weighted by Gasteiger charge is 2.18. The van der Waals surface area contributed by atoms with Crippen LogP contribution in [0.2, 0.25) is 30.7 Å². The van der Waals surface area contributed by atoms with Gasteiger partial charge in [0.2, 0.25) is 0 Å². The van der Waals surface area contributed by atoms with Gasteiger partial charge in [0.15, 0.2) is 11.5 Å². The molecule has 1 saturated heterocycles. The lowest BCUT2D eigenvalue weighted by Crippen LogP contribution is -2.35. The molecule has 1 aliphatic rings. The van der Waals surface area contributed by atoms with Crippen molar-refractivity contribution in [2.45, 2.75) is 39.0 Å². The molecular weight excluding hydrogens is 596 g/mol. The molecule has 0 aliphatic carbocycles. The Morgan fingerprint density at radius 3 is 2.66 bits per heavy atom. The number of imidazole rings is 1. The number of anilines is 2. The average Bonchev–Trinajstić information content (AvgIpc) is 3.60. The third-order valence-corrected chi connectivity index (χ3v) is 9.14. The van der Waals surface area contributed by atoms with Gasteiger partial charge in [-0.25, -0.2) is 14.6 Å². The number of nitrogens with zero attached hydrogens (tertiary/aromatic N) is 6. The zero-order valence-corrected chi connectivity index (χ0v) is 27.0. The van der Waals surface area contributed by atoms with Crippen LogP contribution < -0.4 is 10.1 Å². The van der Waals surface area contributed by atoms with Gasteiger partial charge in [0, 0.05) is 45.5 Å². The van der Waals surface area contributed by atoms with Gasteiger partial charge in [-0.05, 0) is 54.1 Å². The summed E-state index contributed by atoms with van der Waals surface area (Å²) in [5.41, 5.74) is 4.44. The molecule has 4 heterocycles. The number of morpholine rings is 1. The van der Waals surface area contributed by atoms with Gasteiger partial charge in [-0.15, -0.1) is 0 Å². The summed E-state index contributed by atoms with van der Waals surface area (Å²) in [4.78, 5) is 19.6. The van der Waals surface area contributed by atoms with E-state index in [1.807, 2.05) is 6.20 Å². The quantitative estimate of drug-likeness (QED) is 0.117. The molecule has 230 valence electrons. The maximum Gasteiger partial charge on any atom is 0.323 e. The fourth-order valence-corrected chi connectivity index (χ4v) is 5.66. The highest BCUT2D eigenvalue weighted by molar-refractivity contribution is 6.76. The van der Waals surface area contributed by atoms with Crippen LogP contribution in [0.4, 0.5) is 11.5 Å². The van der Waals surface area contributed by atoms with Crippen molar-refractivity contribution >= 4 is 42.2 Å². The van der Waals surface area contributed by atoms with Crippen LogP contribution in [0.5, 0.6) is 11.8 Å². The lowest BCUT2D eigenvalue weighted by molar-refractivity contribution is 0.0342. The molecule has 13 heteroatoms. The van der Waals surface area contributed by atoms with Gasteiger partial charge in [-0.1, -0.05) is 37.3 Å². The van der Waals surface area contributed by atoms with Gasteiger partial charge in [-0.2, -0.15) is 10.1 Å². The van der Waals surface area contributed by atoms with Crippen molar-refractivity contribution in [1.82, 2.24) is 34.6 Å². The third-order valence-electron chi connectivity index (χ3n) is 7.18. The van der Waals surface area contributed by atoms with Gasteiger partial charge < -0.3 is 24.5 Å². The summed E-state index contributed by atoms with van der Waals surface area (Å²) in [6.45, 7) is 12.3. The van der Waals surface area contributed by atoms with Crippen molar-refractivity contribution < 1.29 is 14.2 Å². The van der Waals surface area contributed by atoms with E-state index in [1.165, 1.54) is 5.56 Å². The molecular formula is C31H37ClN8O3Si. The van der Waals surface area contributed by atoms with Crippen LogP contribution in [-0.2, 0) is 22.7 Å². The molecule has 0 saturated carbocycles. The molecule has 1 aliphatic heterocycles. The Kier molecular flexibility index (Phi) is 9.24. The summed E-state index contributed by atoms with van der Waals surface area (Å²) >= 11 is 6.00. The Labute approximate surface area is 262 Å². The van der Waals surface area contributed by atoms with Crippen molar-refractivity contribution in [2.24, 2.45) is 0 Å². The number of hydrogen-bond donors (Lipinski definition) is 2. The van der Waals surface area contributed by atoms with E-state index >= 15 is 0 Å². The number of halogens is 1. The second-order valence-electron chi connectivity index (χ2n) is 12.0. The number of benzene rings is 2. The van der Waals surface area contributed by atoms with E-state index in [2.05, 4.69) is 63.0 Å². The van der Waals surface area contributed by atoms with Crippen LogP contribution >= 0.6 is 11.6 Å². The molecule has 0 atom stereocenters. The molecule has 0 unspecified atom stereocenters. The molecule has 0 spiro atoms. The summed E-state index contributed by atoms with van der Waals surface area (Å²) in [5, 5.41) is 8.87. The molecule has 0 radical (unpaired) electrons. The molecule has 0 amide bonds. The van der Waals surface area contributed by atoms with E-state index in [-0.39, 0.29) is 6.01 Å². The van der Waals surface area contributed by atoms with E-state index < -0.39 is 8.07 Å². The topological polar surface area (TPSA) is 115 Å². The van der Waals surface area contributed by atoms with Crippen LogP contribution in [0.3, 0.4) is 0 Å². The minimum Gasteiger partial charge on any atom is -0.424 e. The minimum atomic E-state index is -1.20. The van der Waals surface area contributed by atoms with E-state index in [0.717, 1.165) is 55.6 Å². The summed E-state index contributed by atoms with van der Waals surface area (Å²) in [7, 11) is -1.20. The zero-order valence-electron chi connectivity index (χ0n) is 25.2. The van der Waals surface area contributed by atoms with E-state index in [4.69, 9.17) is 35.9 Å². The molecule has 0 bridgehead atoms. The molecule has 5 aromatic rings. The summed E-state index contributed by atoms with van der Waals surface area (Å²) < 4.78 is 19.1. The van der Waals surface area contributed by atoms with Gasteiger partial charge in [0.05, 0.1) is 36.1 Å². The molecule has 11 nitrogen and oxygen atoms in total. The summed E-state index contributed by atoms with van der Waals surface area (Å²) in [6.07, 6.45) is 3.55. The van der Waals surface area contributed by atoms with Crippen molar-refractivity contribution in [3.8, 4) is 23.3 Å². The standard InChI is InChI=1S/C31H37ClN8O3Si/c1-44(2,3)17-16-42-21-40-20-27(34-28-10-11-33-31(37-28)43-24-7-5-23(32)6-8-24)29(38-40)30-35-25-9-4-22(18-26(25)36-30)19-39-12-14-41-15-13-39/h4-11,18,20H,12-17,19,21H2,1-3H3,(H,35,36)(H,33,34,37). The lowest BCUT2D eigenvalue weighted by atomic mass is 10.2. The van der Waals surface area contributed by atoms with Gasteiger partial charge in [0.25, 0.3) is 0 Å². The molecule has 2 N–H and O–H groups in total. The number of ether oxygens (including phenoxy) is 3. The summed E-state index contributed by atoms with van der Waals surface area (Å²) in [6, 6.07) is 16.5. The largest absolute Gasteiger partial charge is 0.424 e. The number of H-pyrrole nitrogens is 1. The van der Waals surface area contributed by atoms with Crippen molar-refractivity contribution in [1.29, 1.82) is 0 Å². The fraction of sp³-hybridized carbons (Fsp3) is 0.355. The third kappa shape index (κ3) is 8.01. The second kappa shape index (κ2) is 13.4. The molecule has 2 aromatic carbocycles. The van der Waals surface area contributed by atoms with Crippen LogP contribution in [-0.4, -0.2) is 75.6 Å². The van der Waals surface area contributed by atoms with Crippen molar-refractivity contribution in [3.63, 3.8) is 0 Å². The van der Waals surface area contributed by atoms with Gasteiger partial charge >= 0.3 is 6.01 Å². The Balaban J connectivity index is 1.25. The SMILES string of the molecule is C[Si](C)(C)CCOCn1cc(Nc2ccnc(Oc3ccc(Cl)cc3)n2)c(-c2nc3ccc(CN4CCOCC4)cc3[nH]2)n1. The van der Waals surface area contributed by atoms with E-state index in [9.17, 15) is 0 Å². The molecule has 3 aromatic heterocycles. The van der Waals surface area contributed by atoms with Crippen LogP contribution in [0.15, 0.2) is 60.9 Å². The summed E-state index contributed by atoms with van der Waals surface area (Å²) in [5.74, 6) is 1.79. The zero-order chi connectivity index (χ0) is 30.5. The van der Waals surface area contributed by atoms with Gasteiger partial charge in [-0.3, -0.25) is 4.90 Å². The van der Waals surface area contributed by atoms with Crippen molar-refractivity contribution in [2.75, 3.05) is 38.2 Å². The maximum absolute atomic E-state index is 6.00. The number of nitrogens with one attached hydrogen (secondary N) is 2. The average molecular weight is 633 g/mol. The minimum absolute atomic E-state index is 0.206. The molecule has 1 fully saturated rings. The predicted molar refractivity (Wildman–Crippen MR) is 174 cm³/mol. The van der Waals surface area contributed by atoms with Gasteiger partial charge in [0.1, 0.15) is 18.3 Å². The number of fused-ring (bicyclic) bond motifs is 1. The first-order valence-electron chi connectivity index (χ1n) is 14.8. The Hall–Kier alpha value is -3.81. The first-order valence-corrected chi connectivity index (χ1v) is 18.8. The van der Waals surface area contributed by atoms with Crippen LogP contribution in [0.25, 0.3) is 22.6 Å².